The Balaban J connectivity index is 0.000000169. The number of ketones is 1. The smallest absolute Gasteiger partial charge is 0.346 e. The van der Waals surface area contributed by atoms with Crippen molar-refractivity contribution in [3.63, 3.8) is 0 Å². The molecule has 0 unspecified atom stereocenters. The van der Waals surface area contributed by atoms with Crippen molar-refractivity contribution in [1.82, 2.24) is 5.32 Å². The number of hydrogen-bond donors (Lipinski definition) is 1. The lowest BCUT2D eigenvalue weighted by Crippen LogP contribution is -2.24. The van der Waals surface area contributed by atoms with Gasteiger partial charge < -0.3 is 9.47 Å². The molecule has 2 aliphatic heterocycles. The minimum absolute atomic E-state index is 0.112. The van der Waals surface area contributed by atoms with Gasteiger partial charge in [-0.05, 0) is 36.0 Å². The molecule has 29 heavy (non-hydrogen) atoms. The quantitative estimate of drug-likeness (QED) is 0.351. The molecule has 2 heterocycles. The normalized spacial score (nSPS) is 16.6. The van der Waals surface area contributed by atoms with Crippen LogP contribution in [0.3, 0.4) is 0 Å². The highest BCUT2D eigenvalue weighted by molar-refractivity contribution is 8.18. The number of benzene rings is 2. The average molecular weight is 409 g/mol. The second-order valence-electron chi connectivity index (χ2n) is 5.79. The summed E-state index contributed by atoms with van der Waals surface area (Å²) in [6.45, 7) is 3.35. The SMILES string of the molecule is C=C1C(=O)Oc2ccccc2C1=O.COc1ccccc1C=C1SC(=O)NC1=O. The molecule has 0 saturated carbocycles. The number of para-hydroxylation sites is 2. The van der Waals surface area contributed by atoms with E-state index >= 15 is 0 Å². The number of rotatable bonds is 2. The lowest BCUT2D eigenvalue weighted by molar-refractivity contribution is -0.130. The highest BCUT2D eigenvalue weighted by Crippen LogP contribution is 2.29. The van der Waals surface area contributed by atoms with Gasteiger partial charge in [0.1, 0.15) is 17.1 Å². The summed E-state index contributed by atoms with van der Waals surface area (Å²) in [4.78, 5) is 45.1. The van der Waals surface area contributed by atoms with E-state index in [2.05, 4.69) is 11.9 Å². The Kier molecular flexibility index (Phi) is 5.94. The molecular formula is C21H15NO6S. The van der Waals surface area contributed by atoms with Crippen LogP contribution in [0.25, 0.3) is 6.08 Å². The lowest BCUT2D eigenvalue weighted by Gasteiger charge is -2.14. The largest absolute Gasteiger partial charge is 0.496 e. The maximum atomic E-state index is 11.4. The van der Waals surface area contributed by atoms with Crippen LogP contribution >= 0.6 is 11.8 Å². The number of amides is 2. The lowest BCUT2D eigenvalue weighted by atomic mass is 10.0. The molecule has 1 saturated heterocycles. The number of fused-ring (bicyclic) bond motifs is 1. The molecule has 2 aromatic carbocycles. The zero-order valence-electron chi connectivity index (χ0n) is 15.3. The second kappa shape index (κ2) is 8.57. The summed E-state index contributed by atoms with van der Waals surface area (Å²) >= 11 is 0.894. The van der Waals surface area contributed by atoms with E-state index in [9.17, 15) is 19.2 Å². The molecule has 0 radical (unpaired) electrons. The number of ether oxygens (including phenoxy) is 2. The van der Waals surface area contributed by atoms with Crippen molar-refractivity contribution in [2.24, 2.45) is 0 Å². The van der Waals surface area contributed by atoms with Crippen LogP contribution in [-0.4, -0.2) is 30.0 Å². The number of hydrogen-bond acceptors (Lipinski definition) is 7. The van der Waals surface area contributed by atoms with E-state index in [1.165, 1.54) is 0 Å². The van der Waals surface area contributed by atoms with E-state index < -0.39 is 5.97 Å². The van der Waals surface area contributed by atoms with E-state index in [-0.39, 0.29) is 22.5 Å². The molecule has 2 amide bonds. The maximum absolute atomic E-state index is 11.4. The first kappa shape index (κ1) is 20.1. The van der Waals surface area contributed by atoms with Crippen LogP contribution < -0.4 is 14.8 Å². The van der Waals surface area contributed by atoms with Gasteiger partial charge in [0.2, 0.25) is 5.78 Å². The first-order valence-electron chi connectivity index (χ1n) is 8.33. The number of Topliss-reactive ketones (excluding diaryl/α,β-unsaturated/α-hetero) is 1. The molecule has 4 rings (SSSR count). The molecule has 0 bridgehead atoms. The minimum atomic E-state index is -0.663. The third-order valence-corrected chi connectivity index (χ3v) is 4.73. The van der Waals surface area contributed by atoms with E-state index in [1.807, 2.05) is 18.2 Å². The molecular weight excluding hydrogens is 394 g/mol. The Morgan fingerprint density at radius 3 is 2.41 bits per heavy atom. The Morgan fingerprint density at radius 2 is 1.72 bits per heavy atom. The van der Waals surface area contributed by atoms with Crippen LogP contribution in [0.2, 0.25) is 0 Å². The van der Waals surface area contributed by atoms with Crippen LogP contribution in [0.1, 0.15) is 15.9 Å². The topological polar surface area (TPSA) is 98.8 Å². The molecule has 1 fully saturated rings. The van der Waals surface area contributed by atoms with E-state index in [0.717, 1.165) is 17.3 Å². The number of thioether (sulfide) groups is 1. The van der Waals surface area contributed by atoms with Crippen molar-refractivity contribution in [3.8, 4) is 11.5 Å². The highest BCUT2D eigenvalue weighted by atomic mass is 32.2. The Morgan fingerprint density at radius 1 is 1.03 bits per heavy atom. The molecule has 1 N–H and O–H groups in total. The van der Waals surface area contributed by atoms with E-state index in [1.54, 1.807) is 43.5 Å². The molecule has 2 aliphatic rings. The Bertz CT molecular complexity index is 1070. The van der Waals surface area contributed by atoms with Gasteiger partial charge in [-0.1, -0.05) is 36.9 Å². The third-order valence-electron chi connectivity index (χ3n) is 3.92. The molecule has 2 aromatic rings. The van der Waals surface area contributed by atoms with Crippen LogP contribution in [0, 0.1) is 0 Å². The van der Waals surface area contributed by atoms with Gasteiger partial charge in [0.15, 0.2) is 0 Å². The van der Waals surface area contributed by atoms with Gasteiger partial charge in [0.05, 0.1) is 17.6 Å². The first-order valence-corrected chi connectivity index (χ1v) is 9.15. The molecule has 0 spiro atoms. The summed E-state index contributed by atoms with van der Waals surface area (Å²) in [7, 11) is 1.56. The van der Waals surface area contributed by atoms with Crippen molar-refractivity contribution < 1.29 is 28.7 Å². The van der Waals surface area contributed by atoms with Gasteiger partial charge in [-0.25, -0.2) is 4.79 Å². The fourth-order valence-corrected chi connectivity index (χ4v) is 3.18. The molecule has 0 aromatic heterocycles. The fourth-order valence-electron chi connectivity index (χ4n) is 2.51. The van der Waals surface area contributed by atoms with Crippen LogP contribution in [0.5, 0.6) is 11.5 Å². The van der Waals surface area contributed by atoms with Gasteiger partial charge in [-0.2, -0.15) is 0 Å². The third kappa shape index (κ3) is 4.44. The molecule has 146 valence electrons. The predicted octanol–water partition coefficient (Wildman–Crippen LogP) is 3.36. The predicted molar refractivity (Wildman–Crippen MR) is 108 cm³/mol. The summed E-state index contributed by atoms with van der Waals surface area (Å²) in [5.74, 6) is -0.399. The van der Waals surface area contributed by atoms with E-state index in [0.29, 0.717) is 22.0 Å². The van der Waals surface area contributed by atoms with Gasteiger partial charge in [-0.15, -0.1) is 0 Å². The van der Waals surface area contributed by atoms with Crippen molar-refractivity contribution in [2.45, 2.75) is 0 Å². The standard InChI is InChI=1S/C11H9NO3S.C10H6O3/c1-15-8-5-3-2-4-7(8)6-9-10(13)12-11(14)16-9;1-6-9(11)7-4-2-3-5-8(7)13-10(6)12/h2-6H,1H3,(H,12,13,14);2-5H,1H2. The Hall–Kier alpha value is -3.65. The van der Waals surface area contributed by atoms with Gasteiger partial charge in [0, 0.05) is 5.56 Å². The molecule has 7 nitrogen and oxygen atoms in total. The highest BCUT2D eigenvalue weighted by Gasteiger charge is 2.28. The number of carbonyl (C=O) groups is 4. The van der Waals surface area contributed by atoms with Crippen LogP contribution in [-0.2, 0) is 9.59 Å². The number of methoxy groups -OCH3 is 1. The monoisotopic (exact) mass is 409 g/mol. The average Bonchev–Trinajstić information content (AvgIpc) is 3.04. The van der Waals surface area contributed by atoms with Gasteiger partial charge in [-0.3, -0.25) is 19.7 Å². The summed E-state index contributed by atoms with van der Waals surface area (Å²) in [6, 6.07) is 13.9. The van der Waals surface area contributed by atoms with Crippen molar-refractivity contribution in [1.29, 1.82) is 0 Å². The van der Waals surface area contributed by atoms with Crippen molar-refractivity contribution in [3.05, 3.63) is 76.7 Å². The zero-order chi connectivity index (χ0) is 21.0. The summed E-state index contributed by atoms with van der Waals surface area (Å²) < 4.78 is 10.0. The fraction of sp³-hybridized carbons (Fsp3) is 0.0476. The Labute approximate surface area is 170 Å². The first-order chi connectivity index (χ1) is 13.9. The summed E-state index contributed by atoms with van der Waals surface area (Å²) in [5.41, 5.74) is 1.06. The molecule has 8 heteroatoms. The minimum Gasteiger partial charge on any atom is -0.496 e. The second-order valence-corrected chi connectivity index (χ2v) is 6.80. The number of esters is 1. The summed E-state index contributed by atoms with van der Waals surface area (Å²) in [5, 5.41) is 1.86. The molecule has 0 atom stereocenters. The number of carbonyl (C=O) groups excluding carboxylic acids is 4. The van der Waals surface area contributed by atoms with Crippen LogP contribution in [0.15, 0.2) is 65.6 Å². The zero-order valence-corrected chi connectivity index (χ0v) is 16.1. The molecule has 0 aliphatic carbocycles. The van der Waals surface area contributed by atoms with Crippen molar-refractivity contribution >= 4 is 40.7 Å². The van der Waals surface area contributed by atoms with Gasteiger partial charge >= 0.3 is 5.97 Å². The van der Waals surface area contributed by atoms with Gasteiger partial charge in [0.25, 0.3) is 11.1 Å². The number of imide groups is 1. The maximum Gasteiger partial charge on any atom is 0.346 e. The summed E-state index contributed by atoms with van der Waals surface area (Å²) in [6.07, 6.45) is 1.64. The van der Waals surface area contributed by atoms with Crippen molar-refractivity contribution in [2.75, 3.05) is 7.11 Å². The number of nitrogens with one attached hydrogen (secondary N) is 1. The van der Waals surface area contributed by atoms with Crippen LogP contribution in [0.4, 0.5) is 4.79 Å². The van der Waals surface area contributed by atoms with E-state index in [4.69, 9.17) is 9.47 Å².